The smallest absolute Gasteiger partial charge is 0.0456 e. The van der Waals surface area contributed by atoms with E-state index in [4.69, 9.17) is 5.73 Å². The first-order valence-electron chi connectivity index (χ1n) is 5.41. The maximum atomic E-state index is 5.83. The maximum Gasteiger partial charge on any atom is 0.0456 e. The molecule has 0 saturated carbocycles. The maximum absolute atomic E-state index is 5.83. The Kier molecular flexibility index (Phi) is 2.62. The lowest BCUT2D eigenvalue weighted by Gasteiger charge is -2.19. The zero-order chi connectivity index (χ0) is 11.9. The molecule has 2 N–H and O–H groups in total. The molecule has 0 spiro atoms. The minimum Gasteiger partial charge on any atom is -0.398 e. The molecule has 0 aliphatic carbocycles. The van der Waals surface area contributed by atoms with Crippen LogP contribution in [0.2, 0.25) is 0 Å². The average Bonchev–Trinajstić information content (AvgIpc) is 2.22. The van der Waals surface area contributed by atoms with Crippen molar-refractivity contribution in [3.8, 4) is 0 Å². The normalized spacial score (nSPS) is 12.0. The molecule has 0 radical (unpaired) electrons. The summed E-state index contributed by atoms with van der Waals surface area (Å²) in [6, 6.07) is 10.4. The topological polar surface area (TPSA) is 26.0 Å². The molecule has 84 valence electrons. The molecule has 2 rings (SSSR count). The number of hydrogen-bond acceptors (Lipinski definition) is 2. The summed E-state index contributed by atoms with van der Waals surface area (Å²) in [5.74, 6) is 0. The highest BCUT2D eigenvalue weighted by molar-refractivity contribution is 7.80. The number of benzene rings is 2. The molecule has 2 heteroatoms. The third-order valence-corrected chi connectivity index (χ3v) is 3.39. The second-order valence-electron chi connectivity index (χ2n) is 5.19. The van der Waals surface area contributed by atoms with Gasteiger partial charge in [-0.3, -0.25) is 0 Å². The van der Waals surface area contributed by atoms with Crippen LogP contribution in [0.15, 0.2) is 35.2 Å². The van der Waals surface area contributed by atoms with E-state index in [1.54, 1.807) is 0 Å². The molecule has 0 unspecified atom stereocenters. The standard InChI is InChI=1S/C14H17NS/c1-14(2,3)10-5-6-11-9(8-10)4-7-12(15)13(11)16/h4-8,16H,15H2,1-3H3. The fourth-order valence-electron chi connectivity index (χ4n) is 1.80. The number of anilines is 1. The molecular formula is C14H17NS. The molecule has 2 aromatic carbocycles. The number of thiol groups is 1. The first kappa shape index (κ1) is 11.3. The molecule has 1 nitrogen and oxygen atoms in total. The predicted molar refractivity (Wildman–Crippen MR) is 74.3 cm³/mol. The van der Waals surface area contributed by atoms with Gasteiger partial charge in [0.25, 0.3) is 0 Å². The largest absolute Gasteiger partial charge is 0.398 e. The van der Waals surface area contributed by atoms with Gasteiger partial charge in [-0.15, -0.1) is 12.6 Å². The van der Waals surface area contributed by atoms with Gasteiger partial charge in [-0.25, -0.2) is 0 Å². The van der Waals surface area contributed by atoms with E-state index in [2.05, 4.69) is 57.7 Å². The molecule has 0 heterocycles. The minimum absolute atomic E-state index is 0.173. The summed E-state index contributed by atoms with van der Waals surface area (Å²) in [6.07, 6.45) is 0. The van der Waals surface area contributed by atoms with E-state index in [9.17, 15) is 0 Å². The summed E-state index contributed by atoms with van der Waals surface area (Å²) in [5, 5.41) is 2.32. The predicted octanol–water partition coefficient (Wildman–Crippen LogP) is 4.01. The van der Waals surface area contributed by atoms with Gasteiger partial charge in [-0.05, 0) is 27.8 Å². The van der Waals surface area contributed by atoms with Gasteiger partial charge < -0.3 is 5.73 Å². The summed E-state index contributed by atoms with van der Waals surface area (Å²) in [7, 11) is 0. The fraction of sp³-hybridized carbons (Fsp3) is 0.286. The zero-order valence-electron chi connectivity index (χ0n) is 9.91. The molecule has 0 saturated heterocycles. The van der Waals surface area contributed by atoms with Gasteiger partial charge in [0, 0.05) is 10.6 Å². The van der Waals surface area contributed by atoms with E-state index in [-0.39, 0.29) is 5.41 Å². The lowest BCUT2D eigenvalue weighted by atomic mass is 9.86. The van der Waals surface area contributed by atoms with Crippen LogP contribution >= 0.6 is 12.6 Å². The van der Waals surface area contributed by atoms with Crippen molar-refractivity contribution >= 4 is 29.1 Å². The van der Waals surface area contributed by atoms with Crippen LogP contribution in [0.5, 0.6) is 0 Å². The quantitative estimate of drug-likeness (QED) is 0.520. The number of hydrogen-bond donors (Lipinski definition) is 2. The second-order valence-corrected chi connectivity index (χ2v) is 5.64. The van der Waals surface area contributed by atoms with E-state index >= 15 is 0 Å². The molecule has 0 aromatic heterocycles. The van der Waals surface area contributed by atoms with Gasteiger partial charge in [-0.2, -0.15) is 0 Å². The van der Waals surface area contributed by atoms with Crippen molar-refractivity contribution < 1.29 is 0 Å². The second kappa shape index (κ2) is 3.70. The Balaban J connectivity index is 2.70. The van der Waals surface area contributed by atoms with Gasteiger partial charge in [0.1, 0.15) is 0 Å². The van der Waals surface area contributed by atoms with Crippen LogP contribution < -0.4 is 5.73 Å². The highest BCUT2D eigenvalue weighted by Crippen LogP contribution is 2.31. The fourth-order valence-corrected chi connectivity index (χ4v) is 2.07. The summed E-state index contributed by atoms with van der Waals surface area (Å²) in [6.45, 7) is 6.65. The summed E-state index contributed by atoms with van der Waals surface area (Å²) in [4.78, 5) is 0.873. The summed E-state index contributed by atoms with van der Waals surface area (Å²) in [5.41, 5.74) is 8.07. The van der Waals surface area contributed by atoms with Gasteiger partial charge >= 0.3 is 0 Å². The Labute approximate surface area is 102 Å². The number of nitrogens with two attached hydrogens (primary N) is 1. The first-order valence-corrected chi connectivity index (χ1v) is 5.86. The van der Waals surface area contributed by atoms with Crippen LogP contribution in [0.1, 0.15) is 26.3 Å². The van der Waals surface area contributed by atoms with Crippen molar-refractivity contribution in [3.05, 3.63) is 35.9 Å². The van der Waals surface area contributed by atoms with Gasteiger partial charge in [0.2, 0.25) is 0 Å². The highest BCUT2D eigenvalue weighted by Gasteiger charge is 2.14. The van der Waals surface area contributed by atoms with E-state index in [0.29, 0.717) is 0 Å². The van der Waals surface area contributed by atoms with Crippen molar-refractivity contribution in [2.45, 2.75) is 31.1 Å². The molecule has 0 bridgehead atoms. The Bertz CT molecular complexity index is 538. The molecule has 0 aliphatic rings. The van der Waals surface area contributed by atoms with Gasteiger partial charge in [0.15, 0.2) is 0 Å². The minimum atomic E-state index is 0.173. The van der Waals surface area contributed by atoms with Crippen LogP contribution in [0.3, 0.4) is 0 Å². The SMILES string of the molecule is CC(C)(C)c1ccc2c(S)c(N)ccc2c1. The number of fused-ring (bicyclic) bond motifs is 1. The van der Waals surface area contributed by atoms with Gasteiger partial charge in [-0.1, -0.05) is 45.0 Å². The lowest BCUT2D eigenvalue weighted by Crippen LogP contribution is -2.10. The van der Waals surface area contributed by atoms with Crippen molar-refractivity contribution in [3.63, 3.8) is 0 Å². The number of rotatable bonds is 0. The molecule has 0 amide bonds. The average molecular weight is 231 g/mol. The van der Waals surface area contributed by atoms with Crippen molar-refractivity contribution in [2.24, 2.45) is 0 Å². The Morgan fingerprint density at radius 1 is 1.06 bits per heavy atom. The first-order chi connectivity index (χ1) is 7.39. The van der Waals surface area contributed by atoms with E-state index < -0.39 is 0 Å². The van der Waals surface area contributed by atoms with Gasteiger partial charge in [0.05, 0.1) is 0 Å². The molecule has 0 atom stereocenters. The van der Waals surface area contributed by atoms with Crippen molar-refractivity contribution in [1.29, 1.82) is 0 Å². The molecule has 0 fully saturated rings. The molecule has 2 aromatic rings. The van der Waals surface area contributed by atoms with E-state index in [1.165, 1.54) is 10.9 Å². The highest BCUT2D eigenvalue weighted by atomic mass is 32.1. The third-order valence-electron chi connectivity index (χ3n) is 2.89. The van der Waals surface area contributed by atoms with E-state index in [0.717, 1.165) is 16.0 Å². The van der Waals surface area contributed by atoms with Crippen molar-refractivity contribution in [1.82, 2.24) is 0 Å². The number of nitrogen functional groups attached to an aromatic ring is 1. The monoisotopic (exact) mass is 231 g/mol. The van der Waals surface area contributed by atoms with Crippen LogP contribution in [0.4, 0.5) is 5.69 Å². The van der Waals surface area contributed by atoms with Crippen LogP contribution in [0.25, 0.3) is 10.8 Å². The zero-order valence-corrected chi connectivity index (χ0v) is 10.8. The van der Waals surface area contributed by atoms with E-state index in [1.807, 2.05) is 6.07 Å². The lowest BCUT2D eigenvalue weighted by molar-refractivity contribution is 0.591. The summed E-state index contributed by atoms with van der Waals surface area (Å²) >= 11 is 4.45. The van der Waals surface area contributed by atoms with Crippen LogP contribution in [-0.4, -0.2) is 0 Å². The van der Waals surface area contributed by atoms with Crippen molar-refractivity contribution in [2.75, 3.05) is 5.73 Å². The molecular weight excluding hydrogens is 214 g/mol. The van der Waals surface area contributed by atoms with Crippen LogP contribution in [-0.2, 0) is 5.41 Å². The molecule has 0 aliphatic heterocycles. The third kappa shape index (κ3) is 1.90. The Morgan fingerprint density at radius 3 is 2.38 bits per heavy atom. The molecule has 16 heavy (non-hydrogen) atoms. The summed E-state index contributed by atoms with van der Waals surface area (Å²) < 4.78 is 0. The van der Waals surface area contributed by atoms with Crippen LogP contribution in [0, 0.1) is 0 Å². The Morgan fingerprint density at radius 2 is 1.75 bits per heavy atom. The Hall–Kier alpha value is -1.15.